The van der Waals surface area contributed by atoms with Crippen molar-refractivity contribution in [3.8, 4) is 0 Å². The maximum absolute atomic E-state index is 13.3. The van der Waals surface area contributed by atoms with Gasteiger partial charge in [0.05, 0.1) is 5.57 Å². The Morgan fingerprint density at radius 2 is 1.83 bits per heavy atom. The summed E-state index contributed by atoms with van der Waals surface area (Å²) in [6, 6.07) is 15.2. The molecule has 0 radical (unpaired) electrons. The number of piperazine rings is 1. The highest BCUT2D eigenvalue weighted by molar-refractivity contribution is 6.10. The van der Waals surface area contributed by atoms with Gasteiger partial charge in [-0.15, -0.1) is 0 Å². The molecule has 4 rings (SSSR count). The molecule has 9 heteroatoms. The van der Waals surface area contributed by atoms with Crippen molar-refractivity contribution in [3.05, 3.63) is 78.9 Å². The van der Waals surface area contributed by atoms with E-state index in [0.29, 0.717) is 49.1 Å². The molecule has 0 aliphatic carbocycles. The molecule has 1 aromatic heterocycles. The van der Waals surface area contributed by atoms with Gasteiger partial charge in [0.2, 0.25) is 5.91 Å². The molecule has 1 saturated heterocycles. The Morgan fingerprint density at radius 3 is 2.54 bits per heavy atom. The average Bonchev–Trinajstić information content (AvgIpc) is 2.91. The molecular formula is C26H27N7O2. The van der Waals surface area contributed by atoms with Crippen LogP contribution in [0.5, 0.6) is 0 Å². The molecule has 35 heavy (non-hydrogen) atoms. The van der Waals surface area contributed by atoms with Crippen molar-refractivity contribution in [2.45, 2.75) is 0 Å². The number of aliphatic imine (C=N–C) groups is 1. The molecule has 0 atom stereocenters. The normalized spacial score (nSPS) is 14.4. The monoisotopic (exact) mass is 469 g/mol. The van der Waals surface area contributed by atoms with E-state index in [4.69, 9.17) is 5.73 Å². The van der Waals surface area contributed by atoms with Crippen LogP contribution in [0.1, 0.15) is 16.3 Å². The van der Waals surface area contributed by atoms with E-state index in [1.165, 1.54) is 12.3 Å². The van der Waals surface area contributed by atoms with Crippen LogP contribution in [0.25, 0.3) is 16.3 Å². The van der Waals surface area contributed by atoms with Crippen LogP contribution in [0.15, 0.2) is 72.4 Å². The molecule has 2 heterocycles. The lowest BCUT2D eigenvalue weighted by Gasteiger charge is -2.35. The number of allylic oxidation sites excluding steroid dienone is 1. The highest BCUT2D eigenvalue weighted by Gasteiger charge is 2.23. The van der Waals surface area contributed by atoms with Gasteiger partial charge in [-0.25, -0.2) is 9.97 Å². The van der Waals surface area contributed by atoms with E-state index in [2.05, 4.69) is 26.9 Å². The zero-order chi connectivity index (χ0) is 24.8. The van der Waals surface area contributed by atoms with Crippen molar-refractivity contribution in [2.24, 2.45) is 10.7 Å². The van der Waals surface area contributed by atoms with E-state index in [1.807, 2.05) is 47.4 Å². The zero-order valence-corrected chi connectivity index (χ0v) is 19.5. The molecule has 0 unspecified atom stereocenters. The first-order valence-electron chi connectivity index (χ1n) is 11.2. The van der Waals surface area contributed by atoms with Crippen LogP contribution in [0.3, 0.4) is 0 Å². The minimum Gasteiger partial charge on any atom is -0.404 e. The van der Waals surface area contributed by atoms with Crippen molar-refractivity contribution in [1.82, 2.24) is 14.9 Å². The number of hydrogen-bond donors (Lipinski definition) is 2. The Labute approximate surface area is 203 Å². The first kappa shape index (κ1) is 23.6. The second-order valence-corrected chi connectivity index (χ2v) is 7.94. The summed E-state index contributed by atoms with van der Waals surface area (Å²) in [6.45, 7) is 5.72. The number of hydrogen-bond acceptors (Lipinski definition) is 7. The van der Waals surface area contributed by atoms with Crippen LogP contribution in [0.4, 0.5) is 11.5 Å². The van der Waals surface area contributed by atoms with E-state index < -0.39 is 0 Å². The predicted molar refractivity (Wildman–Crippen MR) is 140 cm³/mol. The van der Waals surface area contributed by atoms with Crippen LogP contribution in [-0.4, -0.2) is 66.1 Å². The fraction of sp³-hybridized carbons (Fsp3) is 0.192. The lowest BCUT2D eigenvalue weighted by Crippen LogP contribution is -2.48. The van der Waals surface area contributed by atoms with Crippen molar-refractivity contribution < 1.29 is 9.59 Å². The Kier molecular flexibility index (Phi) is 7.15. The third kappa shape index (κ3) is 5.19. The number of carbonyl (C=O) groups excluding carboxylic acids is 2. The van der Waals surface area contributed by atoms with Gasteiger partial charge in [0.25, 0.3) is 5.91 Å². The number of rotatable bonds is 6. The first-order chi connectivity index (χ1) is 17.0. The average molecular weight is 470 g/mol. The number of carbonyl (C=O) groups is 2. The van der Waals surface area contributed by atoms with Crippen molar-refractivity contribution in [1.29, 1.82) is 0 Å². The van der Waals surface area contributed by atoms with E-state index in [0.717, 1.165) is 10.8 Å². The largest absolute Gasteiger partial charge is 0.404 e. The molecule has 178 valence electrons. The molecule has 0 bridgehead atoms. The number of nitrogens with zero attached hydrogens (tertiary/aromatic N) is 5. The summed E-state index contributed by atoms with van der Waals surface area (Å²) >= 11 is 0. The Balaban J connectivity index is 1.67. The van der Waals surface area contributed by atoms with Gasteiger partial charge in [0, 0.05) is 62.8 Å². The topological polar surface area (TPSA) is 117 Å². The molecule has 3 aromatic rings. The van der Waals surface area contributed by atoms with Gasteiger partial charge < -0.3 is 20.9 Å². The summed E-state index contributed by atoms with van der Waals surface area (Å²) < 4.78 is 0. The number of fused-ring (bicyclic) bond motifs is 1. The highest BCUT2D eigenvalue weighted by Crippen LogP contribution is 2.24. The Bertz CT molecular complexity index is 1320. The van der Waals surface area contributed by atoms with Gasteiger partial charge in [-0.2, -0.15) is 0 Å². The molecule has 2 aromatic carbocycles. The number of benzene rings is 2. The van der Waals surface area contributed by atoms with Crippen molar-refractivity contribution >= 4 is 45.9 Å². The lowest BCUT2D eigenvalue weighted by molar-refractivity contribution is -0.126. The minimum absolute atomic E-state index is 0.101. The number of nitrogens with two attached hydrogens (primary N) is 1. The van der Waals surface area contributed by atoms with Gasteiger partial charge in [-0.05, 0) is 17.5 Å². The first-order valence-corrected chi connectivity index (χ1v) is 11.2. The van der Waals surface area contributed by atoms with Gasteiger partial charge in [0.1, 0.15) is 11.5 Å². The molecule has 1 aliphatic heterocycles. The van der Waals surface area contributed by atoms with Gasteiger partial charge in [0.15, 0.2) is 5.82 Å². The van der Waals surface area contributed by atoms with Gasteiger partial charge in [-0.3, -0.25) is 14.6 Å². The standard InChI is InChI=1S/C26H27N7O2/c1-3-24(34)33-13-11-32(12-14-33)23-15-22(29-25(31-23)19(16-27)17-28-2)26(35)30-21-10-6-8-18-7-4-5-9-20(18)21/h3-10,15-17H,1,11-14,27H2,2H3,(H,30,35)/b19-16+,28-17?. The molecule has 3 N–H and O–H groups in total. The number of anilines is 2. The summed E-state index contributed by atoms with van der Waals surface area (Å²) in [5.74, 6) is 0.406. The van der Waals surface area contributed by atoms with Crippen molar-refractivity contribution in [3.63, 3.8) is 0 Å². The van der Waals surface area contributed by atoms with E-state index >= 15 is 0 Å². The summed E-state index contributed by atoms with van der Waals surface area (Å²) in [4.78, 5) is 42.2. The minimum atomic E-state index is -0.364. The summed E-state index contributed by atoms with van der Waals surface area (Å²) in [5.41, 5.74) is 7.18. The van der Waals surface area contributed by atoms with E-state index in [1.54, 1.807) is 24.2 Å². The molecule has 9 nitrogen and oxygen atoms in total. The molecule has 2 amide bonds. The number of aromatic nitrogens is 2. The maximum atomic E-state index is 13.3. The maximum Gasteiger partial charge on any atom is 0.274 e. The molecular weight excluding hydrogens is 442 g/mol. The Morgan fingerprint density at radius 1 is 1.09 bits per heavy atom. The summed E-state index contributed by atoms with van der Waals surface area (Å²) in [7, 11) is 1.62. The molecule has 1 fully saturated rings. The van der Waals surface area contributed by atoms with Gasteiger partial charge >= 0.3 is 0 Å². The van der Waals surface area contributed by atoms with Gasteiger partial charge in [-0.1, -0.05) is 43.0 Å². The van der Waals surface area contributed by atoms with Crippen LogP contribution in [0.2, 0.25) is 0 Å². The van der Waals surface area contributed by atoms with Crippen LogP contribution >= 0.6 is 0 Å². The smallest absolute Gasteiger partial charge is 0.274 e. The fourth-order valence-corrected chi connectivity index (χ4v) is 3.96. The Hall–Kier alpha value is -4.53. The second kappa shape index (κ2) is 10.6. The van der Waals surface area contributed by atoms with Crippen LogP contribution in [0, 0.1) is 0 Å². The quantitative estimate of drug-likeness (QED) is 0.424. The zero-order valence-electron chi connectivity index (χ0n) is 19.5. The van der Waals surface area contributed by atoms with E-state index in [9.17, 15) is 9.59 Å². The third-order valence-corrected chi connectivity index (χ3v) is 5.78. The SMILES string of the molecule is C=CC(=O)N1CCN(c2cc(C(=O)Nc3cccc4ccccc34)nc(/C(C=NC)=C/N)n2)CC1. The summed E-state index contributed by atoms with van der Waals surface area (Å²) in [6.07, 6.45) is 4.22. The molecule has 1 aliphatic rings. The van der Waals surface area contributed by atoms with Crippen LogP contribution < -0.4 is 16.0 Å². The second-order valence-electron chi connectivity index (χ2n) is 7.94. The molecule has 0 saturated carbocycles. The van der Waals surface area contributed by atoms with Crippen LogP contribution in [-0.2, 0) is 4.79 Å². The van der Waals surface area contributed by atoms with Crippen molar-refractivity contribution in [2.75, 3.05) is 43.4 Å². The number of nitrogens with one attached hydrogen (secondary N) is 1. The summed E-state index contributed by atoms with van der Waals surface area (Å²) in [5, 5.41) is 4.94. The predicted octanol–water partition coefficient (Wildman–Crippen LogP) is 2.72. The third-order valence-electron chi connectivity index (χ3n) is 5.78. The lowest BCUT2D eigenvalue weighted by atomic mass is 10.1. The fourth-order valence-electron chi connectivity index (χ4n) is 3.96. The molecule has 0 spiro atoms. The highest BCUT2D eigenvalue weighted by atomic mass is 16.2. The van der Waals surface area contributed by atoms with E-state index in [-0.39, 0.29) is 17.5 Å². The number of amides is 2.